The Morgan fingerprint density at radius 3 is 2.77 bits per heavy atom. The zero-order chi connectivity index (χ0) is 15.7. The molecule has 0 aliphatic heterocycles. The van der Waals surface area contributed by atoms with Gasteiger partial charge in [0.1, 0.15) is 11.5 Å². The molecule has 0 radical (unpaired) electrons. The largest absolute Gasteiger partial charge is 0.331 e. The van der Waals surface area contributed by atoms with Gasteiger partial charge in [-0.25, -0.2) is 9.97 Å². The van der Waals surface area contributed by atoms with Crippen LogP contribution in [0.4, 0.5) is 5.69 Å². The summed E-state index contributed by atoms with van der Waals surface area (Å²) in [4.78, 5) is 24.6. The lowest BCUT2D eigenvalue weighted by atomic mass is 10.2. The maximum atomic E-state index is 12.1. The van der Waals surface area contributed by atoms with Crippen molar-refractivity contribution < 1.29 is 4.79 Å². The molecule has 2 heterocycles. The Bertz CT molecular complexity index is 823. The minimum Gasteiger partial charge on any atom is -0.331 e. The summed E-state index contributed by atoms with van der Waals surface area (Å²) in [5.41, 5.74) is 2.88. The lowest BCUT2D eigenvalue weighted by Gasteiger charge is -2.05. The van der Waals surface area contributed by atoms with E-state index in [2.05, 4.69) is 38.7 Å². The highest BCUT2D eigenvalue weighted by Gasteiger charge is 2.12. The number of amides is 1. The maximum absolute atomic E-state index is 12.1. The van der Waals surface area contributed by atoms with Gasteiger partial charge in [-0.1, -0.05) is 13.8 Å². The van der Waals surface area contributed by atoms with Crippen molar-refractivity contribution in [3.8, 4) is 0 Å². The standard InChI is InChI=1S/C16H17N5O/c1-10(2)15-20-12-8-11(4-5-14(12)21(15)3)19-16(22)13-9-17-6-7-18-13/h4-10H,1-3H3,(H,19,22). The number of hydrogen-bond donors (Lipinski definition) is 1. The number of imidazole rings is 1. The SMILES string of the molecule is CC(C)c1nc2cc(NC(=O)c3cnccn3)ccc2n1C. The summed E-state index contributed by atoms with van der Waals surface area (Å²) in [5, 5.41) is 2.82. The molecule has 1 aromatic carbocycles. The van der Waals surface area contributed by atoms with Crippen LogP contribution in [0.3, 0.4) is 0 Å². The second kappa shape index (κ2) is 5.55. The highest BCUT2D eigenvalue weighted by molar-refractivity contribution is 6.03. The van der Waals surface area contributed by atoms with Gasteiger partial charge in [0.2, 0.25) is 0 Å². The first-order chi connectivity index (χ1) is 10.6. The minimum absolute atomic E-state index is 0.284. The fourth-order valence-corrected chi connectivity index (χ4v) is 2.42. The van der Waals surface area contributed by atoms with Crippen molar-refractivity contribution >= 4 is 22.6 Å². The smallest absolute Gasteiger partial charge is 0.275 e. The van der Waals surface area contributed by atoms with Crippen molar-refractivity contribution in [2.75, 3.05) is 5.32 Å². The van der Waals surface area contributed by atoms with Crippen LogP contribution in [-0.4, -0.2) is 25.4 Å². The number of aryl methyl sites for hydroxylation is 1. The minimum atomic E-state index is -0.285. The summed E-state index contributed by atoms with van der Waals surface area (Å²) >= 11 is 0. The molecular formula is C16H17N5O. The van der Waals surface area contributed by atoms with E-state index in [1.54, 1.807) is 0 Å². The van der Waals surface area contributed by atoms with Crippen LogP contribution in [0.5, 0.6) is 0 Å². The molecule has 0 unspecified atom stereocenters. The molecule has 0 aliphatic carbocycles. The average molecular weight is 295 g/mol. The molecule has 0 saturated heterocycles. The van der Waals surface area contributed by atoms with E-state index in [-0.39, 0.29) is 11.6 Å². The predicted molar refractivity (Wildman–Crippen MR) is 84.8 cm³/mol. The quantitative estimate of drug-likeness (QED) is 0.806. The summed E-state index contributed by atoms with van der Waals surface area (Å²) in [7, 11) is 2.00. The Hall–Kier alpha value is -2.76. The lowest BCUT2D eigenvalue weighted by Crippen LogP contribution is -2.13. The molecule has 0 atom stereocenters. The molecule has 6 nitrogen and oxygen atoms in total. The van der Waals surface area contributed by atoms with E-state index in [0.29, 0.717) is 11.6 Å². The van der Waals surface area contributed by atoms with Gasteiger partial charge in [-0.3, -0.25) is 9.78 Å². The highest BCUT2D eigenvalue weighted by atomic mass is 16.1. The number of nitrogens with one attached hydrogen (secondary N) is 1. The van der Waals surface area contributed by atoms with Gasteiger partial charge in [-0.05, 0) is 18.2 Å². The zero-order valence-electron chi connectivity index (χ0n) is 12.7. The molecule has 22 heavy (non-hydrogen) atoms. The predicted octanol–water partition coefficient (Wildman–Crippen LogP) is 2.74. The molecule has 1 N–H and O–H groups in total. The summed E-state index contributed by atoms with van der Waals surface area (Å²) < 4.78 is 2.08. The molecule has 3 aromatic rings. The first-order valence-corrected chi connectivity index (χ1v) is 7.10. The van der Waals surface area contributed by atoms with E-state index in [1.807, 2.05) is 25.2 Å². The number of hydrogen-bond acceptors (Lipinski definition) is 4. The highest BCUT2D eigenvalue weighted by Crippen LogP contribution is 2.23. The van der Waals surface area contributed by atoms with Crippen LogP contribution in [0.25, 0.3) is 11.0 Å². The first-order valence-electron chi connectivity index (χ1n) is 7.10. The number of carbonyl (C=O) groups is 1. The number of fused-ring (bicyclic) bond motifs is 1. The van der Waals surface area contributed by atoms with E-state index in [0.717, 1.165) is 16.9 Å². The number of rotatable bonds is 3. The normalized spacial score (nSPS) is 11.1. The summed E-state index contributed by atoms with van der Waals surface area (Å²) in [6, 6.07) is 5.69. The number of anilines is 1. The summed E-state index contributed by atoms with van der Waals surface area (Å²) in [6.07, 6.45) is 4.46. The maximum Gasteiger partial charge on any atom is 0.275 e. The second-order valence-corrected chi connectivity index (χ2v) is 5.43. The van der Waals surface area contributed by atoms with Gasteiger partial charge < -0.3 is 9.88 Å². The number of nitrogens with zero attached hydrogens (tertiary/aromatic N) is 4. The van der Waals surface area contributed by atoms with Crippen LogP contribution in [-0.2, 0) is 7.05 Å². The topological polar surface area (TPSA) is 72.7 Å². The Balaban J connectivity index is 1.91. The van der Waals surface area contributed by atoms with E-state index >= 15 is 0 Å². The molecular weight excluding hydrogens is 278 g/mol. The second-order valence-electron chi connectivity index (χ2n) is 5.43. The van der Waals surface area contributed by atoms with Crippen molar-refractivity contribution in [3.63, 3.8) is 0 Å². The first kappa shape index (κ1) is 14.2. The van der Waals surface area contributed by atoms with Crippen LogP contribution < -0.4 is 5.32 Å². The Labute approximate surface area is 128 Å². The van der Waals surface area contributed by atoms with Gasteiger partial charge in [0, 0.05) is 31.0 Å². The van der Waals surface area contributed by atoms with Gasteiger partial charge in [0.05, 0.1) is 17.2 Å². The molecule has 0 fully saturated rings. The van der Waals surface area contributed by atoms with Crippen molar-refractivity contribution in [2.24, 2.45) is 7.05 Å². The van der Waals surface area contributed by atoms with Gasteiger partial charge in [0.25, 0.3) is 5.91 Å². The lowest BCUT2D eigenvalue weighted by molar-refractivity contribution is 0.102. The Morgan fingerprint density at radius 1 is 1.27 bits per heavy atom. The molecule has 112 valence electrons. The number of aromatic nitrogens is 4. The van der Waals surface area contributed by atoms with Crippen molar-refractivity contribution in [1.29, 1.82) is 0 Å². The third kappa shape index (κ3) is 2.55. The van der Waals surface area contributed by atoms with E-state index in [9.17, 15) is 4.79 Å². The molecule has 6 heteroatoms. The molecule has 0 aliphatic rings. The van der Waals surface area contributed by atoms with Gasteiger partial charge >= 0.3 is 0 Å². The van der Waals surface area contributed by atoms with Crippen molar-refractivity contribution in [3.05, 3.63) is 48.3 Å². The average Bonchev–Trinajstić information content (AvgIpc) is 2.85. The third-order valence-electron chi connectivity index (χ3n) is 3.49. The van der Waals surface area contributed by atoms with Gasteiger partial charge in [-0.15, -0.1) is 0 Å². The molecule has 1 amide bonds. The van der Waals surface area contributed by atoms with E-state index < -0.39 is 0 Å². The van der Waals surface area contributed by atoms with Crippen LogP contribution in [0, 0.1) is 0 Å². The van der Waals surface area contributed by atoms with Crippen LogP contribution >= 0.6 is 0 Å². The Kier molecular flexibility index (Phi) is 3.58. The number of benzene rings is 1. The summed E-state index contributed by atoms with van der Waals surface area (Å²) in [5.74, 6) is 1.08. The van der Waals surface area contributed by atoms with Crippen molar-refractivity contribution in [2.45, 2.75) is 19.8 Å². The summed E-state index contributed by atoms with van der Waals surface area (Å²) in [6.45, 7) is 4.22. The Morgan fingerprint density at radius 2 is 2.09 bits per heavy atom. The zero-order valence-corrected chi connectivity index (χ0v) is 12.7. The number of carbonyl (C=O) groups excluding carboxylic acids is 1. The monoisotopic (exact) mass is 295 g/mol. The molecule has 0 spiro atoms. The molecule has 2 aromatic heterocycles. The molecule has 3 rings (SSSR count). The van der Waals surface area contributed by atoms with Gasteiger partial charge in [-0.2, -0.15) is 0 Å². The van der Waals surface area contributed by atoms with Crippen LogP contribution in [0.1, 0.15) is 36.1 Å². The van der Waals surface area contributed by atoms with E-state index in [4.69, 9.17) is 0 Å². The van der Waals surface area contributed by atoms with Crippen LogP contribution in [0.15, 0.2) is 36.8 Å². The van der Waals surface area contributed by atoms with Gasteiger partial charge in [0.15, 0.2) is 0 Å². The van der Waals surface area contributed by atoms with Crippen LogP contribution in [0.2, 0.25) is 0 Å². The van der Waals surface area contributed by atoms with E-state index in [1.165, 1.54) is 18.6 Å². The molecule has 0 bridgehead atoms. The fourth-order valence-electron chi connectivity index (χ4n) is 2.42. The fraction of sp³-hybridized carbons (Fsp3) is 0.250. The van der Waals surface area contributed by atoms with Crippen molar-refractivity contribution in [1.82, 2.24) is 19.5 Å². The molecule has 0 saturated carbocycles. The third-order valence-corrected chi connectivity index (χ3v) is 3.49.